The topological polar surface area (TPSA) is 115 Å². The van der Waals surface area contributed by atoms with E-state index in [1.54, 1.807) is 60.5 Å². The molecule has 2 N–H and O–H groups in total. The number of hydrogen-bond donors (Lipinski definition) is 2. The van der Waals surface area contributed by atoms with Crippen molar-refractivity contribution in [2.75, 3.05) is 0 Å². The minimum absolute atomic E-state index is 0.316. The van der Waals surface area contributed by atoms with Gasteiger partial charge in [0.2, 0.25) is 0 Å². The summed E-state index contributed by atoms with van der Waals surface area (Å²) < 4.78 is 6.99. The number of nitrogens with zero attached hydrogens (tertiary/aromatic N) is 4. The monoisotopic (exact) mass is 438 g/mol. The highest BCUT2D eigenvalue weighted by molar-refractivity contribution is 6.08. The zero-order valence-corrected chi connectivity index (χ0v) is 17.5. The Labute approximate surface area is 188 Å². The van der Waals surface area contributed by atoms with Gasteiger partial charge in [-0.1, -0.05) is 24.3 Å². The summed E-state index contributed by atoms with van der Waals surface area (Å²) in [4.78, 5) is 34.6. The molecule has 0 aliphatic carbocycles. The highest BCUT2D eigenvalue weighted by atomic mass is 16.3. The molecule has 0 unspecified atom stereocenters. The van der Waals surface area contributed by atoms with Crippen LogP contribution in [0.2, 0.25) is 0 Å². The number of para-hydroxylation sites is 1. The number of nitrogens with one attached hydrogen (secondary N) is 2. The fourth-order valence-electron chi connectivity index (χ4n) is 3.50. The van der Waals surface area contributed by atoms with Crippen molar-refractivity contribution in [1.29, 1.82) is 0 Å². The molecule has 0 aliphatic rings. The van der Waals surface area contributed by atoms with Gasteiger partial charge in [0.25, 0.3) is 11.8 Å². The molecule has 5 aromatic rings. The summed E-state index contributed by atoms with van der Waals surface area (Å²) in [5.41, 5.74) is 7.37. The van der Waals surface area contributed by atoms with Gasteiger partial charge in [0.05, 0.1) is 34.8 Å². The molecule has 2 amide bonds. The van der Waals surface area contributed by atoms with Gasteiger partial charge in [-0.3, -0.25) is 20.4 Å². The quantitative estimate of drug-likeness (QED) is 0.415. The number of fused-ring (bicyclic) bond motifs is 1. The number of hydrogen-bond acceptors (Lipinski definition) is 6. The molecule has 9 nitrogen and oxygen atoms in total. The number of furan rings is 1. The Morgan fingerprint density at radius 2 is 1.73 bits per heavy atom. The number of amides is 2. The molecule has 162 valence electrons. The molecule has 0 aliphatic heterocycles. The molecule has 0 fully saturated rings. The number of benzene rings is 1. The van der Waals surface area contributed by atoms with E-state index < -0.39 is 11.8 Å². The fourth-order valence-corrected chi connectivity index (χ4v) is 3.50. The molecular formula is C24H18N6O3. The predicted octanol–water partition coefficient (Wildman–Crippen LogP) is 3.46. The second-order valence-electron chi connectivity index (χ2n) is 7.20. The molecule has 4 aromatic heterocycles. The summed E-state index contributed by atoms with van der Waals surface area (Å²) in [6.45, 7) is 1.75. The van der Waals surface area contributed by atoms with Gasteiger partial charge < -0.3 is 4.42 Å². The van der Waals surface area contributed by atoms with Crippen LogP contribution in [0.15, 0.2) is 83.7 Å². The molecule has 0 saturated carbocycles. The third-order valence-corrected chi connectivity index (χ3v) is 5.14. The molecule has 1 aromatic carbocycles. The van der Waals surface area contributed by atoms with Crippen molar-refractivity contribution in [2.24, 2.45) is 0 Å². The third-order valence-electron chi connectivity index (χ3n) is 5.14. The molecule has 0 radical (unpaired) electrons. The van der Waals surface area contributed by atoms with Crippen LogP contribution in [0.4, 0.5) is 0 Å². The molecule has 0 spiro atoms. The summed E-state index contributed by atoms with van der Waals surface area (Å²) in [6.07, 6.45) is 4.62. The van der Waals surface area contributed by atoms with Gasteiger partial charge in [0.15, 0.2) is 11.6 Å². The average Bonchev–Trinajstić information content (AvgIpc) is 3.52. The van der Waals surface area contributed by atoms with Gasteiger partial charge in [-0.2, -0.15) is 5.10 Å². The molecular weight excluding hydrogens is 420 g/mol. The lowest BCUT2D eigenvalue weighted by Gasteiger charge is -2.11. The maximum atomic E-state index is 13.0. The number of rotatable bonds is 4. The van der Waals surface area contributed by atoms with Crippen LogP contribution in [0.5, 0.6) is 0 Å². The van der Waals surface area contributed by atoms with E-state index in [2.05, 4.69) is 25.9 Å². The van der Waals surface area contributed by atoms with Crippen LogP contribution in [0.3, 0.4) is 0 Å². The van der Waals surface area contributed by atoms with Crippen LogP contribution in [0.25, 0.3) is 28.2 Å². The molecule has 0 saturated heterocycles. The van der Waals surface area contributed by atoms with Crippen molar-refractivity contribution in [1.82, 2.24) is 30.6 Å². The van der Waals surface area contributed by atoms with E-state index in [4.69, 9.17) is 4.42 Å². The maximum absolute atomic E-state index is 13.0. The molecule has 0 atom stereocenters. The lowest BCUT2D eigenvalue weighted by atomic mass is 10.1. The number of pyridine rings is 2. The van der Waals surface area contributed by atoms with Crippen molar-refractivity contribution in [3.05, 3.63) is 96.1 Å². The first-order chi connectivity index (χ1) is 16.1. The van der Waals surface area contributed by atoms with Crippen LogP contribution in [0, 0.1) is 6.92 Å². The Hall–Kier alpha value is -4.79. The number of hydrazine groups is 1. The second-order valence-corrected chi connectivity index (χ2v) is 7.20. The van der Waals surface area contributed by atoms with E-state index in [0.29, 0.717) is 45.0 Å². The minimum Gasteiger partial charge on any atom is -0.463 e. The van der Waals surface area contributed by atoms with Crippen LogP contribution in [-0.4, -0.2) is 31.6 Å². The first-order valence-corrected chi connectivity index (χ1v) is 10.1. The van der Waals surface area contributed by atoms with Gasteiger partial charge >= 0.3 is 0 Å². The lowest BCUT2D eigenvalue weighted by molar-refractivity contribution is 0.0847. The highest BCUT2D eigenvalue weighted by Gasteiger charge is 2.19. The van der Waals surface area contributed by atoms with Crippen molar-refractivity contribution in [2.45, 2.75) is 6.92 Å². The average molecular weight is 438 g/mol. The van der Waals surface area contributed by atoms with Gasteiger partial charge in [-0.05, 0) is 43.3 Å². The van der Waals surface area contributed by atoms with Crippen molar-refractivity contribution >= 4 is 22.7 Å². The van der Waals surface area contributed by atoms with E-state index >= 15 is 0 Å². The summed E-state index contributed by atoms with van der Waals surface area (Å²) in [7, 11) is 0. The Balaban J connectivity index is 1.39. The number of carbonyl (C=O) groups excluding carboxylic acids is 2. The summed E-state index contributed by atoms with van der Waals surface area (Å²) in [5, 5.41) is 4.89. The van der Waals surface area contributed by atoms with Crippen LogP contribution >= 0.6 is 0 Å². The Bertz CT molecular complexity index is 1460. The van der Waals surface area contributed by atoms with E-state index in [9.17, 15) is 9.59 Å². The van der Waals surface area contributed by atoms with Crippen molar-refractivity contribution in [3.63, 3.8) is 0 Å². The standard InChI is InChI=1S/C24H18N6O3/c1-15-18(14-26-30(15)22-10-4-5-11-25-22)24(32)29-28-23(31)17-13-20(21-9-6-12-33-21)27-19-8-3-2-7-16(17)19/h2-14H,1H3,(H,28,31)(H,29,32). The minimum atomic E-state index is -0.493. The Morgan fingerprint density at radius 3 is 2.48 bits per heavy atom. The zero-order chi connectivity index (χ0) is 22.8. The van der Waals surface area contributed by atoms with E-state index in [-0.39, 0.29) is 0 Å². The molecule has 0 bridgehead atoms. The molecule has 4 heterocycles. The van der Waals surface area contributed by atoms with Crippen LogP contribution in [-0.2, 0) is 0 Å². The normalized spacial score (nSPS) is 10.8. The summed E-state index contributed by atoms with van der Waals surface area (Å²) in [6, 6.07) is 17.8. The first kappa shape index (κ1) is 20.1. The lowest BCUT2D eigenvalue weighted by Crippen LogP contribution is -2.41. The van der Waals surface area contributed by atoms with Gasteiger partial charge in [-0.15, -0.1) is 0 Å². The largest absolute Gasteiger partial charge is 0.463 e. The highest BCUT2D eigenvalue weighted by Crippen LogP contribution is 2.25. The summed E-state index contributed by atoms with van der Waals surface area (Å²) in [5.74, 6) is 0.153. The fraction of sp³-hybridized carbons (Fsp3) is 0.0417. The second kappa shape index (κ2) is 8.39. The van der Waals surface area contributed by atoms with E-state index in [0.717, 1.165) is 0 Å². The van der Waals surface area contributed by atoms with Gasteiger partial charge in [0, 0.05) is 11.6 Å². The number of carbonyl (C=O) groups is 2. The predicted molar refractivity (Wildman–Crippen MR) is 120 cm³/mol. The van der Waals surface area contributed by atoms with E-state index in [1.807, 2.05) is 24.3 Å². The Kier molecular flexibility index (Phi) is 5.12. The zero-order valence-electron chi connectivity index (χ0n) is 17.5. The molecule has 33 heavy (non-hydrogen) atoms. The molecule has 9 heteroatoms. The summed E-state index contributed by atoms with van der Waals surface area (Å²) >= 11 is 0. The molecule has 5 rings (SSSR count). The first-order valence-electron chi connectivity index (χ1n) is 10.1. The third kappa shape index (κ3) is 3.83. The van der Waals surface area contributed by atoms with Crippen molar-refractivity contribution in [3.8, 4) is 17.3 Å². The SMILES string of the molecule is Cc1c(C(=O)NNC(=O)c2cc(-c3ccco3)nc3ccccc23)cnn1-c1ccccn1. The van der Waals surface area contributed by atoms with E-state index in [1.165, 1.54) is 6.20 Å². The van der Waals surface area contributed by atoms with Gasteiger partial charge in [-0.25, -0.2) is 14.6 Å². The maximum Gasteiger partial charge on any atom is 0.273 e. The smallest absolute Gasteiger partial charge is 0.273 e. The van der Waals surface area contributed by atoms with Crippen LogP contribution in [0.1, 0.15) is 26.4 Å². The van der Waals surface area contributed by atoms with Crippen LogP contribution < -0.4 is 10.9 Å². The Morgan fingerprint density at radius 1 is 0.939 bits per heavy atom. The number of aromatic nitrogens is 4. The van der Waals surface area contributed by atoms with Gasteiger partial charge in [0.1, 0.15) is 5.69 Å². The van der Waals surface area contributed by atoms with Crippen molar-refractivity contribution < 1.29 is 14.0 Å².